The standard InChI is InChI=1S/3C5H6O4.Sm/c3*1-3(6)2-4(7)5(8)9;/h3*2H2,1H3,(H,8,9);/q;;;+3/p-3. The molecule has 12 nitrogen and oxygen atoms in total. The molecule has 0 aromatic carbocycles. The second kappa shape index (κ2) is 18.1. The topological polar surface area (TPSA) is 223 Å². The molecular weight excluding hydrogens is 523 g/mol. The van der Waals surface area contributed by atoms with E-state index in [0.29, 0.717) is 0 Å². The van der Waals surface area contributed by atoms with Gasteiger partial charge in [-0.15, -0.1) is 0 Å². The summed E-state index contributed by atoms with van der Waals surface area (Å²) >= 11 is 0. The predicted octanol–water partition coefficient (Wildman–Crippen LogP) is -5.15. The first-order valence-corrected chi connectivity index (χ1v) is 6.82. The Bertz CT molecular complexity index is 572. The Morgan fingerprint density at radius 3 is 0.643 bits per heavy atom. The van der Waals surface area contributed by atoms with Crippen LogP contribution < -0.4 is 15.3 Å². The van der Waals surface area contributed by atoms with E-state index in [4.69, 9.17) is 0 Å². The minimum absolute atomic E-state index is 0. The number of Topliss-reactive ketones (excluding diaryl/α,β-unsaturated/α-hetero) is 6. The van der Waals surface area contributed by atoms with Gasteiger partial charge in [-0.05, 0) is 20.8 Å². The SMILES string of the molecule is CC(=O)CC(=O)C(=O)[O-].CC(=O)CC(=O)C(=O)[O-].CC(=O)CC(=O)C(=O)[O-].[Sm+3]. The summed E-state index contributed by atoms with van der Waals surface area (Å²) < 4.78 is 0. The zero-order valence-electron chi connectivity index (χ0n) is 14.9. The Morgan fingerprint density at radius 2 is 0.607 bits per heavy atom. The molecule has 13 heteroatoms. The average Bonchev–Trinajstić information content (AvgIpc) is 2.46. The van der Waals surface area contributed by atoms with Gasteiger partial charge in [0.25, 0.3) is 0 Å². The molecule has 0 spiro atoms. The fourth-order valence-corrected chi connectivity index (χ4v) is 0.895. The van der Waals surface area contributed by atoms with Crippen LogP contribution in [0.1, 0.15) is 40.0 Å². The van der Waals surface area contributed by atoms with Crippen molar-refractivity contribution in [1.82, 2.24) is 0 Å². The Morgan fingerprint density at radius 1 is 0.464 bits per heavy atom. The third-order valence-electron chi connectivity index (χ3n) is 1.91. The number of rotatable bonds is 9. The van der Waals surface area contributed by atoms with Crippen molar-refractivity contribution in [2.75, 3.05) is 0 Å². The van der Waals surface area contributed by atoms with Gasteiger partial charge in [0.15, 0.2) is 17.3 Å². The van der Waals surface area contributed by atoms with Gasteiger partial charge in [-0.2, -0.15) is 0 Å². The Labute approximate surface area is 190 Å². The molecule has 0 aliphatic rings. The maximum atomic E-state index is 10.1. The van der Waals surface area contributed by atoms with Crippen LogP contribution in [0.25, 0.3) is 0 Å². The summed E-state index contributed by atoms with van der Waals surface area (Å²) in [5.41, 5.74) is 0. The van der Waals surface area contributed by atoms with E-state index in [1.54, 1.807) is 0 Å². The molecule has 0 atom stereocenters. The van der Waals surface area contributed by atoms with E-state index in [9.17, 15) is 58.5 Å². The first-order valence-electron chi connectivity index (χ1n) is 6.82. The Balaban J connectivity index is -0.000000152. The molecule has 1 radical (unpaired) electrons. The normalized spacial score (nSPS) is 8.25. The summed E-state index contributed by atoms with van der Waals surface area (Å²) in [6.07, 6.45) is -1.70. The summed E-state index contributed by atoms with van der Waals surface area (Å²) in [6, 6.07) is 0. The maximum Gasteiger partial charge on any atom is 3.00 e. The van der Waals surface area contributed by atoms with Gasteiger partial charge in [0.05, 0.1) is 19.3 Å². The fourth-order valence-electron chi connectivity index (χ4n) is 0.895. The molecule has 0 unspecified atom stereocenters. The van der Waals surface area contributed by atoms with Crippen molar-refractivity contribution in [2.45, 2.75) is 40.0 Å². The summed E-state index contributed by atoms with van der Waals surface area (Å²) in [5, 5.41) is 28.9. The largest absolute Gasteiger partial charge is 3.00 e. The molecule has 0 saturated carbocycles. The van der Waals surface area contributed by atoms with Gasteiger partial charge >= 0.3 is 40.4 Å². The molecular formula is C15H15O12Sm. The van der Waals surface area contributed by atoms with Crippen molar-refractivity contribution in [3.05, 3.63) is 0 Å². The van der Waals surface area contributed by atoms with Gasteiger partial charge in [-0.1, -0.05) is 0 Å². The van der Waals surface area contributed by atoms with Crippen molar-refractivity contribution in [3.8, 4) is 0 Å². The molecule has 0 N–H and O–H groups in total. The van der Waals surface area contributed by atoms with Gasteiger partial charge in [-0.25, -0.2) is 0 Å². The van der Waals surface area contributed by atoms with Crippen molar-refractivity contribution < 1.29 is 98.9 Å². The second-order valence-electron chi connectivity index (χ2n) is 4.77. The zero-order chi connectivity index (χ0) is 22.3. The van der Waals surface area contributed by atoms with Crippen LogP contribution in [-0.2, 0) is 43.2 Å². The second-order valence-corrected chi connectivity index (χ2v) is 4.77. The van der Waals surface area contributed by atoms with Crippen LogP contribution in [0.5, 0.6) is 0 Å². The molecule has 0 bridgehead atoms. The van der Waals surface area contributed by atoms with Gasteiger partial charge in [0.2, 0.25) is 0 Å². The van der Waals surface area contributed by atoms with Crippen LogP contribution in [0.15, 0.2) is 0 Å². The third-order valence-corrected chi connectivity index (χ3v) is 1.91. The predicted molar refractivity (Wildman–Crippen MR) is 75.9 cm³/mol. The summed E-state index contributed by atoms with van der Waals surface area (Å²) in [7, 11) is 0. The monoisotopic (exact) mass is 539 g/mol. The van der Waals surface area contributed by atoms with E-state index in [-0.39, 0.29) is 40.4 Å². The van der Waals surface area contributed by atoms with Gasteiger partial charge in [0.1, 0.15) is 35.3 Å². The zero-order valence-corrected chi connectivity index (χ0v) is 17.5. The van der Waals surface area contributed by atoms with E-state index >= 15 is 0 Å². The Hall–Kier alpha value is -2.23. The molecule has 0 amide bonds. The van der Waals surface area contributed by atoms with Crippen molar-refractivity contribution in [1.29, 1.82) is 0 Å². The van der Waals surface area contributed by atoms with Gasteiger partial charge in [-0.3, -0.25) is 28.8 Å². The van der Waals surface area contributed by atoms with Crippen LogP contribution in [0.2, 0.25) is 0 Å². The molecule has 0 aliphatic heterocycles. The number of ketones is 6. The number of carboxylic acids is 3. The number of carboxylic acid groups (broad SMARTS) is 3. The molecule has 153 valence electrons. The molecule has 0 heterocycles. The van der Waals surface area contributed by atoms with Crippen LogP contribution in [0, 0.1) is 40.4 Å². The molecule has 0 aromatic rings. The van der Waals surface area contributed by atoms with Gasteiger partial charge in [0, 0.05) is 0 Å². The number of hydrogen-bond donors (Lipinski definition) is 0. The quantitative estimate of drug-likeness (QED) is 0.199. The Kier molecular flexibility index (Phi) is 21.6. The fraction of sp³-hybridized carbons (Fsp3) is 0.400. The molecule has 0 fully saturated rings. The van der Waals surface area contributed by atoms with Crippen LogP contribution in [-0.4, -0.2) is 52.6 Å². The van der Waals surface area contributed by atoms with Gasteiger partial charge < -0.3 is 29.7 Å². The molecule has 0 aliphatic carbocycles. The van der Waals surface area contributed by atoms with E-state index in [1.807, 2.05) is 0 Å². The third kappa shape index (κ3) is 26.0. The number of carbonyl (C=O) groups excluding carboxylic acids is 9. The summed E-state index contributed by atoms with van der Waals surface area (Å²) in [5.74, 6) is -10.3. The molecule has 28 heavy (non-hydrogen) atoms. The van der Waals surface area contributed by atoms with Crippen LogP contribution in [0.3, 0.4) is 0 Å². The van der Waals surface area contributed by atoms with Crippen molar-refractivity contribution in [3.63, 3.8) is 0 Å². The summed E-state index contributed by atoms with van der Waals surface area (Å²) in [4.78, 5) is 89.2. The van der Waals surface area contributed by atoms with Crippen molar-refractivity contribution in [2.24, 2.45) is 0 Å². The maximum absolute atomic E-state index is 10.1. The first-order chi connectivity index (χ1) is 12.1. The minimum Gasteiger partial charge on any atom is -0.542 e. The first kappa shape index (κ1) is 33.4. The number of hydrogen-bond acceptors (Lipinski definition) is 12. The van der Waals surface area contributed by atoms with E-state index < -0.39 is 71.9 Å². The van der Waals surface area contributed by atoms with E-state index in [2.05, 4.69) is 0 Å². The van der Waals surface area contributed by atoms with Crippen LogP contribution >= 0.6 is 0 Å². The van der Waals surface area contributed by atoms with Crippen LogP contribution in [0.4, 0.5) is 0 Å². The summed E-state index contributed by atoms with van der Waals surface area (Å²) in [6.45, 7) is 3.42. The van der Waals surface area contributed by atoms with E-state index in [0.717, 1.165) is 20.8 Å². The average molecular weight is 538 g/mol. The molecule has 0 rings (SSSR count). The van der Waals surface area contributed by atoms with Crippen molar-refractivity contribution >= 4 is 52.6 Å². The van der Waals surface area contributed by atoms with E-state index in [1.165, 1.54) is 0 Å². The number of carbonyl (C=O) groups is 9. The smallest absolute Gasteiger partial charge is 0.542 e. The minimum atomic E-state index is -1.80. The molecule has 0 saturated heterocycles. The number of aliphatic carboxylic acids is 3. The molecule has 0 aromatic heterocycles.